The molecule has 18 heavy (non-hydrogen) atoms. The van der Waals surface area contributed by atoms with E-state index in [2.05, 4.69) is 41.4 Å². The van der Waals surface area contributed by atoms with Crippen molar-refractivity contribution in [3.63, 3.8) is 0 Å². The molecule has 0 saturated heterocycles. The van der Waals surface area contributed by atoms with E-state index in [0.717, 1.165) is 24.5 Å². The fourth-order valence-electron chi connectivity index (χ4n) is 1.51. The molecule has 2 aromatic heterocycles. The summed E-state index contributed by atoms with van der Waals surface area (Å²) in [6, 6.07) is 0. The van der Waals surface area contributed by atoms with E-state index in [4.69, 9.17) is 0 Å². The van der Waals surface area contributed by atoms with Gasteiger partial charge >= 0.3 is 0 Å². The van der Waals surface area contributed by atoms with E-state index in [9.17, 15) is 0 Å². The van der Waals surface area contributed by atoms with Gasteiger partial charge in [-0.05, 0) is 27.7 Å². The summed E-state index contributed by atoms with van der Waals surface area (Å²) >= 11 is 1.68. The van der Waals surface area contributed by atoms with Crippen molar-refractivity contribution in [2.24, 2.45) is 0 Å². The Labute approximate surface area is 111 Å². The first-order valence-corrected chi connectivity index (χ1v) is 6.86. The Balaban J connectivity index is 1.88. The van der Waals surface area contributed by atoms with Gasteiger partial charge in [0, 0.05) is 18.0 Å². The van der Waals surface area contributed by atoms with Crippen LogP contribution in [-0.2, 0) is 18.6 Å². The highest BCUT2D eigenvalue weighted by molar-refractivity contribution is 7.09. The molecule has 0 aliphatic rings. The molecule has 0 saturated carbocycles. The van der Waals surface area contributed by atoms with Crippen LogP contribution in [0.3, 0.4) is 0 Å². The Morgan fingerprint density at radius 2 is 2.11 bits per heavy atom. The van der Waals surface area contributed by atoms with E-state index in [0.29, 0.717) is 0 Å². The Bertz CT molecular complexity index is 509. The zero-order valence-electron chi connectivity index (χ0n) is 11.3. The number of hydrogen-bond donors (Lipinski definition) is 1. The summed E-state index contributed by atoms with van der Waals surface area (Å²) in [5.74, 6) is 0. The molecule has 0 amide bonds. The Kier molecular flexibility index (Phi) is 3.77. The van der Waals surface area contributed by atoms with Crippen molar-refractivity contribution in [3.8, 4) is 0 Å². The first kappa shape index (κ1) is 13.2. The molecule has 2 rings (SSSR count). The van der Waals surface area contributed by atoms with Crippen molar-refractivity contribution < 1.29 is 0 Å². The van der Waals surface area contributed by atoms with Gasteiger partial charge in [0.2, 0.25) is 0 Å². The normalized spacial score (nSPS) is 12.0. The van der Waals surface area contributed by atoms with Crippen LogP contribution in [0.15, 0.2) is 11.7 Å². The van der Waals surface area contributed by atoms with Crippen molar-refractivity contribution in [1.29, 1.82) is 0 Å². The van der Waals surface area contributed by atoms with Crippen LogP contribution in [-0.4, -0.2) is 20.0 Å². The molecule has 2 heterocycles. The highest BCUT2D eigenvalue weighted by atomic mass is 32.1. The maximum absolute atomic E-state index is 4.23. The molecule has 0 spiro atoms. The quantitative estimate of drug-likeness (QED) is 0.919. The third-order valence-corrected chi connectivity index (χ3v) is 3.60. The first-order valence-electron chi connectivity index (χ1n) is 5.98. The molecule has 5 nitrogen and oxygen atoms in total. The largest absolute Gasteiger partial charge is 0.306 e. The van der Waals surface area contributed by atoms with Crippen molar-refractivity contribution in [3.05, 3.63) is 28.0 Å². The van der Waals surface area contributed by atoms with Crippen LogP contribution in [0.2, 0.25) is 0 Å². The van der Waals surface area contributed by atoms with Gasteiger partial charge in [-0.3, -0.25) is 0 Å². The SMILES string of the molecule is Cc1ncsc1CNCc1cn(C(C)(C)C)nn1. The van der Waals surface area contributed by atoms with Crippen molar-refractivity contribution >= 4 is 11.3 Å². The van der Waals surface area contributed by atoms with E-state index in [1.54, 1.807) is 11.3 Å². The maximum Gasteiger partial charge on any atom is 0.0965 e. The predicted molar refractivity (Wildman–Crippen MR) is 72.4 cm³/mol. The first-order chi connectivity index (χ1) is 8.47. The fraction of sp³-hybridized carbons (Fsp3) is 0.583. The minimum Gasteiger partial charge on any atom is -0.306 e. The van der Waals surface area contributed by atoms with Crippen LogP contribution < -0.4 is 5.32 Å². The molecule has 6 heteroatoms. The predicted octanol–water partition coefficient (Wildman–Crippen LogP) is 2.09. The van der Waals surface area contributed by atoms with Gasteiger partial charge in [0.05, 0.1) is 28.6 Å². The van der Waals surface area contributed by atoms with E-state index in [-0.39, 0.29) is 5.54 Å². The summed E-state index contributed by atoms with van der Waals surface area (Å²) in [6.07, 6.45) is 1.99. The summed E-state index contributed by atoms with van der Waals surface area (Å²) in [6.45, 7) is 9.92. The smallest absolute Gasteiger partial charge is 0.0965 e. The maximum atomic E-state index is 4.23. The van der Waals surface area contributed by atoms with Crippen molar-refractivity contribution in [2.75, 3.05) is 0 Å². The van der Waals surface area contributed by atoms with E-state index in [1.807, 2.05) is 23.3 Å². The number of hydrogen-bond acceptors (Lipinski definition) is 5. The second-order valence-corrected chi connectivity index (χ2v) is 6.23. The fourth-order valence-corrected chi connectivity index (χ4v) is 2.25. The molecule has 0 bridgehead atoms. The Hall–Kier alpha value is -1.27. The molecular formula is C12H19N5S. The standard InChI is InChI=1S/C12H19N5S/c1-9-11(18-8-14-9)6-13-5-10-7-17(16-15-10)12(2,3)4/h7-8,13H,5-6H2,1-4H3. The molecular weight excluding hydrogens is 246 g/mol. The van der Waals surface area contributed by atoms with Crippen LogP contribution in [0.4, 0.5) is 0 Å². The summed E-state index contributed by atoms with van der Waals surface area (Å²) in [5, 5.41) is 11.7. The topological polar surface area (TPSA) is 55.6 Å². The van der Waals surface area contributed by atoms with Gasteiger partial charge in [-0.15, -0.1) is 16.4 Å². The summed E-state index contributed by atoms with van der Waals surface area (Å²) in [7, 11) is 0. The number of thiazole rings is 1. The molecule has 0 aliphatic heterocycles. The molecule has 0 fully saturated rings. The van der Waals surface area contributed by atoms with Crippen LogP contribution in [0, 0.1) is 6.92 Å². The van der Waals surface area contributed by atoms with Gasteiger partial charge < -0.3 is 5.32 Å². The summed E-state index contributed by atoms with van der Waals surface area (Å²) in [4.78, 5) is 5.50. The van der Waals surface area contributed by atoms with Gasteiger partial charge in [0.25, 0.3) is 0 Å². The molecule has 0 aliphatic carbocycles. The van der Waals surface area contributed by atoms with Gasteiger partial charge in [0.1, 0.15) is 0 Å². The minimum absolute atomic E-state index is 0.0144. The van der Waals surface area contributed by atoms with Gasteiger partial charge in [0.15, 0.2) is 0 Å². The highest BCUT2D eigenvalue weighted by Gasteiger charge is 2.14. The second-order valence-electron chi connectivity index (χ2n) is 5.29. The van der Waals surface area contributed by atoms with Gasteiger partial charge in [-0.2, -0.15) is 0 Å². The lowest BCUT2D eigenvalue weighted by atomic mass is 10.1. The van der Waals surface area contributed by atoms with Crippen LogP contribution in [0.25, 0.3) is 0 Å². The highest BCUT2D eigenvalue weighted by Crippen LogP contribution is 2.13. The van der Waals surface area contributed by atoms with Gasteiger partial charge in [-0.1, -0.05) is 5.21 Å². The number of nitrogens with zero attached hydrogens (tertiary/aromatic N) is 4. The zero-order valence-corrected chi connectivity index (χ0v) is 12.1. The molecule has 0 unspecified atom stereocenters. The number of rotatable bonds is 4. The number of nitrogens with one attached hydrogen (secondary N) is 1. The summed E-state index contributed by atoms with van der Waals surface area (Å²) < 4.78 is 1.89. The third-order valence-electron chi connectivity index (χ3n) is 2.66. The van der Waals surface area contributed by atoms with E-state index < -0.39 is 0 Å². The lowest BCUT2D eigenvalue weighted by Crippen LogP contribution is -2.22. The summed E-state index contributed by atoms with van der Waals surface area (Å²) in [5.41, 5.74) is 3.93. The average molecular weight is 265 g/mol. The zero-order chi connectivity index (χ0) is 13.2. The van der Waals surface area contributed by atoms with Crippen LogP contribution in [0.1, 0.15) is 37.0 Å². The van der Waals surface area contributed by atoms with Crippen molar-refractivity contribution in [1.82, 2.24) is 25.3 Å². The molecule has 1 N–H and O–H groups in total. The number of aryl methyl sites for hydroxylation is 1. The second kappa shape index (κ2) is 5.16. The Morgan fingerprint density at radius 1 is 1.33 bits per heavy atom. The molecule has 0 radical (unpaired) electrons. The number of aromatic nitrogens is 4. The van der Waals surface area contributed by atoms with Crippen LogP contribution >= 0.6 is 11.3 Å². The van der Waals surface area contributed by atoms with E-state index in [1.165, 1.54) is 4.88 Å². The van der Waals surface area contributed by atoms with Crippen LogP contribution in [0.5, 0.6) is 0 Å². The average Bonchev–Trinajstić information content (AvgIpc) is 2.88. The monoisotopic (exact) mass is 265 g/mol. The third kappa shape index (κ3) is 3.14. The molecule has 2 aromatic rings. The van der Waals surface area contributed by atoms with E-state index >= 15 is 0 Å². The Morgan fingerprint density at radius 3 is 2.67 bits per heavy atom. The van der Waals surface area contributed by atoms with Crippen molar-refractivity contribution in [2.45, 2.75) is 46.3 Å². The minimum atomic E-state index is -0.0144. The molecule has 98 valence electrons. The lowest BCUT2D eigenvalue weighted by Gasteiger charge is -2.17. The molecule has 0 aromatic carbocycles. The van der Waals surface area contributed by atoms with Gasteiger partial charge in [-0.25, -0.2) is 9.67 Å². The molecule has 0 atom stereocenters. The lowest BCUT2D eigenvalue weighted by molar-refractivity contribution is 0.347.